The van der Waals surface area contributed by atoms with Gasteiger partial charge in [0.05, 0.1) is 15.6 Å². The van der Waals surface area contributed by atoms with E-state index in [-0.39, 0.29) is 4.90 Å². The Balaban J connectivity index is 0.000000329. The fourth-order valence-corrected chi connectivity index (χ4v) is 10.1. The third-order valence-electron chi connectivity index (χ3n) is 9.90. The molecule has 8 rings (SSSR count). The van der Waals surface area contributed by atoms with Crippen molar-refractivity contribution >= 4 is 76.7 Å². The van der Waals surface area contributed by atoms with Crippen molar-refractivity contribution in [1.29, 1.82) is 0 Å². The number of nitrogens with zero attached hydrogens (tertiary/aromatic N) is 2. The quantitative estimate of drug-likeness (QED) is 0.126. The fraction of sp³-hybridized carbons (Fsp3) is 0.205. The summed E-state index contributed by atoms with van der Waals surface area (Å²) in [4.78, 5) is 3.67. The van der Waals surface area contributed by atoms with Crippen molar-refractivity contribution in [3.05, 3.63) is 148 Å². The number of thioether (sulfide) groups is 1. The average molecular weight is 743 g/mol. The van der Waals surface area contributed by atoms with E-state index in [2.05, 4.69) is 127 Å². The van der Waals surface area contributed by atoms with Gasteiger partial charge in [0.15, 0.2) is 0 Å². The second kappa shape index (κ2) is 15.2. The maximum Gasteiger partial charge on any atom is 0.262 e. The van der Waals surface area contributed by atoms with Crippen molar-refractivity contribution < 1.29 is 17.5 Å². The van der Waals surface area contributed by atoms with Crippen LogP contribution in [0, 0.1) is 6.92 Å². The number of fused-ring (bicyclic) bond motifs is 6. The van der Waals surface area contributed by atoms with Crippen molar-refractivity contribution in [2.24, 2.45) is 0 Å². The van der Waals surface area contributed by atoms with Crippen LogP contribution in [0.25, 0.3) is 37.8 Å². The van der Waals surface area contributed by atoms with Gasteiger partial charge in [-0.15, -0.1) is 0 Å². The van der Waals surface area contributed by atoms with E-state index in [0.717, 1.165) is 31.5 Å². The lowest BCUT2D eigenvalue weighted by molar-refractivity contribution is -0.665. The lowest BCUT2D eigenvalue weighted by Crippen LogP contribution is -2.33. The Hall–Kier alpha value is -4.47. The van der Waals surface area contributed by atoms with Crippen molar-refractivity contribution in [2.45, 2.75) is 63.3 Å². The molecule has 1 aliphatic heterocycles. The molecule has 0 saturated heterocycles. The van der Waals surface area contributed by atoms with Crippen LogP contribution in [0.2, 0.25) is 0 Å². The molecule has 1 aliphatic carbocycles. The molecule has 0 saturated carbocycles. The lowest BCUT2D eigenvalue weighted by Gasteiger charge is -2.20. The molecule has 264 valence electrons. The molecule has 0 unspecified atom stereocenters. The molecular formula is C44H42N2O3S3. The smallest absolute Gasteiger partial charge is 0.262 e. The first-order chi connectivity index (χ1) is 25.2. The van der Waals surface area contributed by atoms with Gasteiger partial charge >= 0.3 is 0 Å². The highest BCUT2D eigenvalue weighted by Gasteiger charge is 2.25. The first-order valence-corrected chi connectivity index (χ1v) is 20.8. The molecule has 0 atom stereocenters. The summed E-state index contributed by atoms with van der Waals surface area (Å²) in [6, 6.07) is 32.4. The van der Waals surface area contributed by atoms with Gasteiger partial charge in [0, 0.05) is 29.0 Å². The standard InChI is InChI=1S/C37H35N2S2.C7H8O3S/c1-4-38-32-21-17-28-11-6-8-15-30(28)36(32)40-34(38)23-19-26-13-10-14-27(25(26)3)20-24-35-39(5-2)33-22-18-29-12-7-9-16-31(29)37(33)41-35;1-6-2-4-7(5-3-6)11(8,9)10/h6-9,11-12,15-24H,4-5,10,13-14H2,1-3H3;2-5H,1H3,(H,8,9,10)/q+1;/p-1. The third kappa shape index (κ3) is 7.26. The number of allylic oxidation sites excluding steroid dienone is 6. The van der Waals surface area contributed by atoms with Crippen LogP contribution in [0.1, 0.15) is 50.6 Å². The van der Waals surface area contributed by atoms with E-state index in [4.69, 9.17) is 0 Å². The van der Waals surface area contributed by atoms with Gasteiger partial charge in [0.1, 0.15) is 21.4 Å². The molecule has 0 N–H and O–H groups in total. The minimum Gasteiger partial charge on any atom is -0.744 e. The van der Waals surface area contributed by atoms with Gasteiger partial charge in [-0.3, -0.25) is 0 Å². The van der Waals surface area contributed by atoms with E-state index in [1.165, 1.54) is 87.7 Å². The Morgan fingerprint density at radius 2 is 1.50 bits per heavy atom. The SMILES string of the molecule is CCN1/C(=C\C=C2/CCCC(/C=C/c3sc4c5ccccc5ccc4[n+]3CC)=C2C)Sc2c1ccc1ccccc21.Cc1ccc(S(=O)(=O)[O-])cc1. The van der Waals surface area contributed by atoms with Crippen LogP contribution in [0.4, 0.5) is 5.69 Å². The van der Waals surface area contributed by atoms with E-state index in [0.29, 0.717) is 0 Å². The van der Waals surface area contributed by atoms with Crippen molar-refractivity contribution in [3.63, 3.8) is 0 Å². The van der Waals surface area contributed by atoms with Gasteiger partial charge in [-0.25, -0.2) is 8.42 Å². The number of rotatable bonds is 6. The second-order valence-corrected chi connectivity index (χ2v) is 16.5. The van der Waals surface area contributed by atoms with Crippen molar-refractivity contribution in [3.8, 4) is 0 Å². The molecule has 0 spiro atoms. The van der Waals surface area contributed by atoms with E-state index < -0.39 is 10.1 Å². The number of hydrogen-bond donors (Lipinski definition) is 0. The Kier molecular flexibility index (Phi) is 10.5. The molecule has 52 heavy (non-hydrogen) atoms. The summed E-state index contributed by atoms with van der Waals surface area (Å²) in [5.74, 6) is 0. The topological polar surface area (TPSA) is 64.3 Å². The molecular weight excluding hydrogens is 701 g/mol. The maximum atomic E-state index is 10.4. The number of aryl methyl sites for hydroxylation is 2. The zero-order valence-corrected chi connectivity index (χ0v) is 32.4. The summed E-state index contributed by atoms with van der Waals surface area (Å²) in [6.45, 7) is 10.6. The minimum atomic E-state index is -4.27. The summed E-state index contributed by atoms with van der Waals surface area (Å²) < 4.78 is 35.0. The Morgan fingerprint density at radius 3 is 2.21 bits per heavy atom. The van der Waals surface area contributed by atoms with Crippen LogP contribution >= 0.6 is 23.1 Å². The summed E-state index contributed by atoms with van der Waals surface area (Å²) in [5, 5.41) is 7.97. The predicted molar refractivity (Wildman–Crippen MR) is 219 cm³/mol. The van der Waals surface area contributed by atoms with Gasteiger partial charge in [-0.1, -0.05) is 108 Å². The molecule has 6 aromatic rings. The molecule has 2 heterocycles. The Labute approximate surface area is 315 Å². The average Bonchev–Trinajstić information content (AvgIpc) is 3.71. The van der Waals surface area contributed by atoms with Crippen molar-refractivity contribution in [1.82, 2.24) is 0 Å². The van der Waals surface area contributed by atoms with Crippen LogP contribution in [-0.2, 0) is 16.7 Å². The zero-order chi connectivity index (χ0) is 36.4. The van der Waals surface area contributed by atoms with Gasteiger partial charge in [0.25, 0.3) is 5.01 Å². The number of benzene rings is 5. The number of anilines is 1. The third-order valence-corrected chi connectivity index (χ3v) is 13.1. The summed E-state index contributed by atoms with van der Waals surface area (Å²) in [7, 11) is -4.27. The van der Waals surface area contributed by atoms with E-state index in [1.54, 1.807) is 12.1 Å². The molecule has 0 fully saturated rings. The summed E-state index contributed by atoms with van der Waals surface area (Å²) in [5.41, 5.74) is 7.96. The molecule has 2 aliphatic rings. The number of aromatic nitrogens is 1. The molecule has 5 aromatic carbocycles. The molecule has 0 bridgehead atoms. The van der Waals surface area contributed by atoms with Gasteiger partial charge in [-0.05, 0) is 110 Å². The van der Waals surface area contributed by atoms with Gasteiger partial charge in [-0.2, -0.15) is 4.57 Å². The van der Waals surface area contributed by atoms with Crippen LogP contribution in [0.15, 0.2) is 147 Å². The van der Waals surface area contributed by atoms with E-state index in [9.17, 15) is 13.0 Å². The van der Waals surface area contributed by atoms with E-state index >= 15 is 0 Å². The molecule has 8 heteroatoms. The van der Waals surface area contributed by atoms with Crippen molar-refractivity contribution in [2.75, 3.05) is 11.4 Å². The summed E-state index contributed by atoms with van der Waals surface area (Å²) in [6.07, 6.45) is 13.0. The molecule has 0 radical (unpaired) electrons. The van der Waals surface area contributed by atoms with Crippen LogP contribution in [0.5, 0.6) is 0 Å². The molecule has 5 nitrogen and oxygen atoms in total. The predicted octanol–water partition coefficient (Wildman–Crippen LogP) is 11.3. The van der Waals surface area contributed by atoms with Gasteiger partial charge in [0.2, 0.25) is 5.52 Å². The highest BCUT2D eigenvalue weighted by atomic mass is 32.2. The molecule has 0 amide bonds. The Bertz CT molecular complexity index is 2540. The lowest BCUT2D eigenvalue weighted by atomic mass is 9.88. The number of thiazole rings is 1. The Morgan fingerprint density at radius 1 is 0.808 bits per heavy atom. The zero-order valence-electron chi connectivity index (χ0n) is 29.9. The second-order valence-electron chi connectivity index (χ2n) is 13.1. The number of hydrogen-bond acceptors (Lipinski definition) is 6. The normalized spacial score (nSPS) is 16.4. The maximum absolute atomic E-state index is 10.4. The van der Waals surface area contributed by atoms with Gasteiger partial charge < -0.3 is 9.45 Å². The van der Waals surface area contributed by atoms with Crippen LogP contribution in [0.3, 0.4) is 0 Å². The molecule has 1 aromatic heterocycles. The van der Waals surface area contributed by atoms with Crippen LogP contribution in [-0.4, -0.2) is 19.5 Å². The monoisotopic (exact) mass is 742 g/mol. The van der Waals surface area contributed by atoms with E-state index in [1.807, 2.05) is 30.0 Å². The largest absolute Gasteiger partial charge is 0.744 e. The first kappa shape index (κ1) is 35.9. The summed E-state index contributed by atoms with van der Waals surface area (Å²) >= 11 is 3.83. The fourth-order valence-electron chi connectivity index (χ4n) is 7.08. The van der Waals surface area contributed by atoms with Crippen LogP contribution < -0.4 is 9.47 Å². The first-order valence-electron chi connectivity index (χ1n) is 17.8. The highest BCUT2D eigenvalue weighted by molar-refractivity contribution is 8.04. The highest BCUT2D eigenvalue weighted by Crippen LogP contribution is 2.49. The minimum absolute atomic E-state index is 0.178.